The molecule has 0 unspecified atom stereocenters. The van der Waals surface area contributed by atoms with Crippen LogP contribution in [0.4, 0.5) is 4.79 Å². The molecule has 1 aromatic carbocycles. The van der Waals surface area contributed by atoms with Gasteiger partial charge in [0.25, 0.3) is 0 Å². The first-order valence-electron chi connectivity index (χ1n) is 7.61. The fourth-order valence-corrected chi connectivity index (χ4v) is 4.92. The Hall–Kier alpha value is -1.01. The zero-order chi connectivity index (χ0) is 15.9. The van der Waals surface area contributed by atoms with Crippen LogP contribution in [-0.4, -0.2) is 51.0 Å². The molecule has 0 bridgehead atoms. The fourth-order valence-electron chi connectivity index (χ4n) is 2.56. The number of carbonyl (C=O) groups excluding carboxylic acids is 1. The molecule has 1 aliphatic heterocycles. The summed E-state index contributed by atoms with van der Waals surface area (Å²) in [6.45, 7) is 6.33. The number of urea groups is 1. The van der Waals surface area contributed by atoms with Crippen molar-refractivity contribution in [2.75, 3.05) is 25.4 Å². The molecule has 2 rings (SSSR count). The highest BCUT2D eigenvalue weighted by Gasteiger charge is 2.25. The molecule has 1 saturated heterocycles. The standard InChI is InChI=1S/C16H24N2O2S2/c1-13-10-18(11-14(2)21-13)16(19)17-8-9-22(20)12-15-6-4-3-5-7-15/h3-7,13-14H,8-12H2,1-2H3,(H,17,19)/t13-,14-,22-/m1/s1. The van der Waals surface area contributed by atoms with E-state index < -0.39 is 10.8 Å². The molecule has 1 aromatic rings. The molecule has 1 aliphatic rings. The molecule has 6 heteroatoms. The molecule has 1 fully saturated rings. The maximum atomic E-state index is 12.1. The highest BCUT2D eigenvalue weighted by atomic mass is 32.2. The molecule has 122 valence electrons. The van der Waals surface area contributed by atoms with Crippen LogP contribution in [0.2, 0.25) is 0 Å². The first kappa shape index (κ1) is 17.3. The number of thioether (sulfide) groups is 1. The number of hydrogen-bond donors (Lipinski definition) is 1. The van der Waals surface area contributed by atoms with Crippen LogP contribution in [0.25, 0.3) is 0 Å². The molecule has 1 N–H and O–H groups in total. The molecular weight excluding hydrogens is 316 g/mol. The smallest absolute Gasteiger partial charge is 0.317 e. The van der Waals surface area contributed by atoms with Gasteiger partial charge < -0.3 is 10.2 Å². The Labute approximate surface area is 139 Å². The van der Waals surface area contributed by atoms with Crippen molar-refractivity contribution in [1.29, 1.82) is 0 Å². The Morgan fingerprint density at radius 3 is 2.55 bits per heavy atom. The van der Waals surface area contributed by atoms with E-state index in [0.29, 0.717) is 28.6 Å². The van der Waals surface area contributed by atoms with Gasteiger partial charge in [0, 0.05) is 52.4 Å². The zero-order valence-corrected chi connectivity index (χ0v) is 14.8. The van der Waals surface area contributed by atoms with Gasteiger partial charge >= 0.3 is 6.03 Å². The number of nitrogens with one attached hydrogen (secondary N) is 1. The number of benzene rings is 1. The third-order valence-electron chi connectivity index (χ3n) is 3.48. The van der Waals surface area contributed by atoms with E-state index in [1.54, 1.807) is 0 Å². The molecule has 22 heavy (non-hydrogen) atoms. The van der Waals surface area contributed by atoms with Gasteiger partial charge in [0.05, 0.1) is 0 Å². The van der Waals surface area contributed by atoms with Gasteiger partial charge in [0.1, 0.15) is 0 Å². The lowest BCUT2D eigenvalue weighted by Crippen LogP contribution is -2.49. The first-order valence-corrected chi connectivity index (χ1v) is 10.0. The van der Waals surface area contributed by atoms with Gasteiger partial charge in [-0.05, 0) is 5.56 Å². The normalized spacial score (nSPS) is 23.1. The van der Waals surface area contributed by atoms with Gasteiger partial charge in [-0.25, -0.2) is 4.79 Å². The SMILES string of the molecule is C[C@@H]1CN(C(=O)NCC[S@@](=O)Cc2ccccc2)C[C@@H](C)S1. The van der Waals surface area contributed by atoms with Crippen molar-refractivity contribution in [1.82, 2.24) is 10.2 Å². The average Bonchev–Trinajstić information content (AvgIpc) is 2.47. The molecule has 0 aromatic heterocycles. The van der Waals surface area contributed by atoms with Crippen LogP contribution in [0.5, 0.6) is 0 Å². The molecule has 0 radical (unpaired) electrons. The van der Waals surface area contributed by atoms with Crippen molar-refractivity contribution < 1.29 is 9.00 Å². The summed E-state index contributed by atoms with van der Waals surface area (Å²) in [6.07, 6.45) is 0. The van der Waals surface area contributed by atoms with Crippen LogP contribution in [-0.2, 0) is 16.6 Å². The molecule has 1 heterocycles. The number of amides is 2. The van der Waals surface area contributed by atoms with Gasteiger partial charge in [0.2, 0.25) is 0 Å². The number of hydrogen-bond acceptors (Lipinski definition) is 3. The summed E-state index contributed by atoms with van der Waals surface area (Å²) in [4.78, 5) is 14.0. The number of carbonyl (C=O) groups is 1. The molecular formula is C16H24N2O2S2. The van der Waals surface area contributed by atoms with E-state index in [0.717, 1.165) is 18.7 Å². The Bertz CT molecular complexity index is 500. The van der Waals surface area contributed by atoms with Crippen LogP contribution in [0.15, 0.2) is 30.3 Å². The van der Waals surface area contributed by atoms with E-state index in [1.807, 2.05) is 47.0 Å². The second kappa shape index (κ2) is 8.58. The number of nitrogens with zero attached hydrogens (tertiary/aromatic N) is 1. The van der Waals surface area contributed by atoms with Crippen LogP contribution in [0.3, 0.4) is 0 Å². The summed E-state index contributed by atoms with van der Waals surface area (Å²) in [5.41, 5.74) is 1.07. The molecule has 2 amide bonds. The lowest BCUT2D eigenvalue weighted by atomic mass is 10.2. The summed E-state index contributed by atoms with van der Waals surface area (Å²) in [5.74, 6) is 1.04. The third kappa shape index (κ3) is 5.65. The van der Waals surface area contributed by atoms with Crippen molar-refractivity contribution in [3.8, 4) is 0 Å². The molecule has 0 saturated carbocycles. The summed E-state index contributed by atoms with van der Waals surface area (Å²) in [6, 6.07) is 9.77. The minimum absolute atomic E-state index is 0.0317. The van der Waals surface area contributed by atoms with Gasteiger partial charge in [-0.15, -0.1) is 0 Å². The topological polar surface area (TPSA) is 49.4 Å². The highest BCUT2D eigenvalue weighted by Crippen LogP contribution is 2.24. The van der Waals surface area contributed by atoms with Crippen LogP contribution >= 0.6 is 11.8 Å². The van der Waals surface area contributed by atoms with E-state index in [-0.39, 0.29) is 6.03 Å². The quantitative estimate of drug-likeness (QED) is 0.896. The van der Waals surface area contributed by atoms with Crippen molar-refractivity contribution >= 4 is 28.6 Å². The fraction of sp³-hybridized carbons (Fsp3) is 0.562. The molecule has 0 spiro atoms. The van der Waals surface area contributed by atoms with Crippen LogP contribution in [0, 0.1) is 0 Å². The zero-order valence-electron chi connectivity index (χ0n) is 13.2. The van der Waals surface area contributed by atoms with E-state index in [9.17, 15) is 9.00 Å². The largest absolute Gasteiger partial charge is 0.337 e. The summed E-state index contributed by atoms with van der Waals surface area (Å²) >= 11 is 1.92. The predicted octanol–water partition coefficient (Wildman–Crippen LogP) is 2.47. The summed E-state index contributed by atoms with van der Waals surface area (Å²) in [5, 5.41) is 3.84. The van der Waals surface area contributed by atoms with Crippen molar-refractivity contribution in [3.63, 3.8) is 0 Å². The third-order valence-corrected chi connectivity index (χ3v) is 6.03. The molecule has 3 atom stereocenters. The van der Waals surface area contributed by atoms with Crippen molar-refractivity contribution in [3.05, 3.63) is 35.9 Å². The summed E-state index contributed by atoms with van der Waals surface area (Å²) < 4.78 is 12.0. The van der Waals surface area contributed by atoms with Crippen molar-refractivity contribution in [2.24, 2.45) is 0 Å². The Balaban J connectivity index is 1.69. The Morgan fingerprint density at radius 2 is 1.91 bits per heavy atom. The van der Waals surface area contributed by atoms with Gasteiger partial charge in [-0.1, -0.05) is 44.2 Å². The average molecular weight is 341 g/mol. The molecule has 4 nitrogen and oxygen atoms in total. The highest BCUT2D eigenvalue weighted by molar-refractivity contribution is 8.00. The predicted molar refractivity (Wildman–Crippen MR) is 94.6 cm³/mol. The summed E-state index contributed by atoms with van der Waals surface area (Å²) in [7, 11) is -0.944. The second-order valence-electron chi connectivity index (χ2n) is 5.67. The first-order chi connectivity index (χ1) is 10.5. The number of rotatable bonds is 5. The van der Waals surface area contributed by atoms with E-state index in [2.05, 4.69) is 19.2 Å². The lowest BCUT2D eigenvalue weighted by molar-refractivity contribution is 0.197. The minimum atomic E-state index is -0.944. The molecule has 0 aliphatic carbocycles. The van der Waals surface area contributed by atoms with E-state index >= 15 is 0 Å². The van der Waals surface area contributed by atoms with Crippen molar-refractivity contribution in [2.45, 2.75) is 30.1 Å². The second-order valence-corrected chi connectivity index (χ2v) is 9.13. The lowest BCUT2D eigenvalue weighted by Gasteiger charge is -2.34. The van der Waals surface area contributed by atoms with Crippen LogP contribution < -0.4 is 5.32 Å². The van der Waals surface area contributed by atoms with Gasteiger partial charge in [-0.3, -0.25) is 4.21 Å². The maximum Gasteiger partial charge on any atom is 0.317 e. The monoisotopic (exact) mass is 340 g/mol. The minimum Gasteiger partial charge on any atom is -0.337 e. The van der Waals surface area contributed by atoms with Gasteiger partial charge in [-0.2, -0.15) is 11.8 Å². The maximum absolute atomic E-state index is 12.1. The Morgan fingerprint density at radius 1 is 1.27 bits per heavy atom. The van der Waals surface area contributed by atoms with Crippen LogP contribution in [0.1, 0.15) is 19.4 Å². The van der Waals surface area contributed by atoms with Gasteiger partial charge in [0.15, 0.2) is 0 Å². The van der Waals surface area contributed by atoms with E-state index in [4.69, 9.17) is 0 Å². The van der Waals surface area contributed by atoms with E-state index in [1.165, 1.54) is 0 Å². The Kier molecular flexibility index (Phi) is 6.76.